The predicted octanol–water partition coefficient (Wildman–Crippen LogP) is 1.99. The molecule has 0 radical (unpaired) electrons. The zero-order valence-electron chi connectivity index (χ0n) is 10.8. The summed E-state index contributed by atoms with van der Waals surface area (Å²) in [5.74, 6) is 6.77. The molecule has 0 spiro atoms. The zero-order valence-corrected chi connectivity index (χ0v) is 10.8. The summed E-state index contributed by atoms with van der Waals surface area (Å²) in [6.45, 7) is 9.55. The normalized spacial score (nSPS) is 11.4. The fraction of sp³-hybridized carbons (Fsp3) is 0.500. The summed E-state index contributed by atoms with van der Waals surface area (Å²) < 4.78 is 2.23. The lowest BCUT2D eigenvalue weighted by Crippen LogP contribution is -2.10. The Morgan fingerprint density at radius 2 is 2.06 bits per heavy atom. The maximum atomic E-state index is 5.50. The van der Waals surface area contributed by atoms with Gasteiger partial charge in [-0.15, -0.1) is 0 Å². The van der Waals surface area contributed by atoms with Crippen LogP contribution in [0.1, 0.15) is 25.1 Å². The molecule has 0 bridgehead atoms. The number of nitrogens with zero attached hydrogens (tertiary/aromatic N) is 3. The first kappa shape index (κ1) is 11.9. The van der Waals surface area contributed by atoms with Gasteiger partial charge in [0.2, 0.25) is 0 Å². The third-order valence-corrected chi connectivity index (χ3v) is 3.09. The molecule has 5 heteroatoms. The van der Waals surface area contributed by atoms with Crippen LogP contribution >= 0.6 is 0 Å². The number of nitrogens with two attached hydrogens (primary N) is 1. The highest BCUT2D eigenvalue weighted by Gasteiger charge is 2.16. The molecule has 2 aromatic rings. The van der Waals surface area contributed by atoms with E-state index in [1.54, 1.807) is 6.33 Å². The van der Waals surface area contributed by atoms with E-state index >= 15 is 0 Å². The molecule has 0 atom stereocenters. The molecule has 0 unspecified atom stereocenters. The van der Waals surface area contributed by atoms with Gasteiger partial charge in [-0.25, -0.2) is 15.8 Å². The summed E-state index contributed by atoms with van der Waals surface area (Å²) in [6, 6.07) is 0. The van der Waals surface area contributed by atoms with Gasteiger partial charge in [0.05, 0.1) is 5.39 Å². The maximum Gasteiger partial charge on any atom is 0.153 e. The lowest BCUT2D eigenvalue weighted by molar-refractivity contribution is 0.524. The van der Waals surface area contributed by atoms with Gasteiger partial charge in [0.25, 0.3) is 0 Å². The summed E-state index contributed by atoms with van der Waals surface area (Å²) in [5.41, 5.74) is 6.01. The van der Waals surface area contributed by atoms with E-state index in [4.69, 9.17) is 5.84 Å². The lowest BCUT2D eigenvalue weighted by atomic mass is 10.2. The molecule has 17 heavy (non-hydrogen) atoms. The van der Waals surface area contributed by atoms with Crippen molar-refractivity contribution in [2.75, 3.05) is 5.43 Å². The number of rotatable bonds is 3. The largest absolute Gasteiger partial charge is 0.329 e. The van der Waals surface area contributed by atoms with Crippen molar-refractivity contribution in [3.05, 3.63) is 17.6 Å². The second-order valence-corrected chi connectivity index (χ2v) is 4.78. The molecule has 0 amide bonds. The fourth-order valence-electron chi connectivity index (χ4n) is 2.17. The molecule has 2 heterocycles. The predicted molar refractivity (Wildman–Crippen MR) is 69.7 cm³/mol. The minimum absolute atomic E-state index is 0.577. The molecule has 0 saturated heterocycles. The van der Waals surface area contributed by atoms with E-state index in [0.29, 0.717) is 11.7 Å². The Balaban J connectivity index is 2.73. The highest BCUT2D eigenvalue weighted by molar-refractivity contribution is 5.91. The molecule has 92 valence electrons. The topological polar surface area (TPSA) is 68.8 Å². The van der Waals surface area contributed by atoms with Crippen LogP contribution in [0.3, 0.4) is 0 Å². The van der Waals surface area contributed by atoms with Crippen LogP contribution in [0.2, 0.25) is 0 Å². The van der Waals surface area contributed by atoms with Crippen LogP contribution in [0.25, 0.3) is 11.0 Å². The van der Waals surface area contributed by atoms with Crippen LogP contribution in [0.15, 0.2) is 6.33 Å². The minimum Gasteiger partial charge on any atom is -0.329 e. The van der Waals surface area contributed by atoms with Crippen LogP contribution in [0.5, 0.6) is 0 Å². The van der Waals surface area contributed by atoms with E-state index in [9.17, 15) is 0 Å². The Morgan fingerprint density at radius 3 is 2.65 bits per heavy atom. The minimum atomic E-state index is 0.577. The average molecular weight is 233 g/mol. The smallest absolute Gasteiger partial charge is 0.153 e. The summed E-state index contributed by atoms with van der Waals surface area (Å²) in [6.07, 6.45) is 1.55. The van der Waals surface area contributed by atoms with E-state index < -0.39 is 0 Å². The van der Waals surface area contributed by atoms with Crippen molar-refractivity contribution in [3.63, 3.8) is 0 Å². The highest BCUT2D eigenvalue weighted by Crippen LogP contribution is 2.28. The number of aromatic nitrogens is 3. The summed E-state index contributed by atoms with van der Waals surface area (Å²) >= 11 is 0. The van der Waals surface area contributed by atoms with Gasteiger partial charge in [-0.1, -0.05) is 13.8 Å². The number of nitrogens with one attached hydrogen (secondary N) is 1. The van der Waals surface area contributed by atoms with E-state index in [-0.39, 0.29) is 0 Å². The van der Waals surface area contributed by atoms with Gasteiger partial charge in [-0.05, 0) is 25.3 Å². The van der Waals surface area contributed by atoms with Crippen LogP contribution in [0.4, 0.5) is 5.82 Å². The van der Waals surface area contributed by atoms with Crippen molar-refractivity contribution in [1.82, 2.24) is 14.5 Å². The quantitative estimate of drug-likeness (QED) is 0.628. The molecule has 0 aliphatic carbocycles. The number of aryl methyl sites for hydroxylation is 1. The molecule has 0 aliphatic rings. The van der Waals surface area contributed by atoms with E-state index in [1.807, 2.05) is 0 Å². The molecular formula is C12H19N5. The monoisotopic (exact) mass is 233 g/mol. The van der Waals surface area contributed by atoms with E-state index in [2.05, 4.69) is 47.7 Å². The zero-order chi connectivity index (χ0) is 12.6. The molecule has 0 saturated carbocycles. The number of anilines is 1. The van der Waals surface area contributed by atoms with Crippen LogP contribution < -0.4 is 11.3 Å². The Labute approximate surface area is 101 Å². The van der Waals surface area contributed by atoms with Gasteiger partial charge in [-0.3, -0.25) is 0 Å². The molecule has 2 rings (SSSR count). The average Bonchev–Trinajstić information content (AvgIpc) is 2.54. The number of hydrogen-bond donors (Lipinski definition) is 2. The Morgan fingerprint density at radius 1 is 1.35 bits per heavy atom. The summed E-state index contributed by atoms with van der Waals surface area (Å²) in [7, 11) is 0. The molecule has 0 aliphatic heterocycles. The highest BCUT2D eigenvalue weighted by atomic mass is 15.3. The van der Waals surface area contributed by atoms with E-state index in [0.717, 1.165) is 17.6 Å². The second-order valence-electron chi connectivity index (χ2n) is 4.78. The maximum absolute atomic E-state index is 5.50. The number of nitrogen functional groups attached to an aromatic ring is 1. The molecule has 5 nitrogen and oxygen atoms in total. The van der Waals surface area contributed by atoms with Crippen LogP contribution in [0, 0.1) is 19.8 Å². The van der Waals surface area contributed by atoms with Gasteiger partial charge in [0, 0.05) is 12.2 Å². The summed E-state index contributed by atoms with van der Waals surface area (Å²) in [4.78, 5) is 8.54. The van der Waals surface area contributed by atoms with E-state index in [1.165, 1.54) is 11.3 Å². The number of fused-ring (bicyclic) bond motifs is 1. The SMILES string of the molecule is Cc1c(C)n(CC(C)C)c2ncnc(NN)c12. The number of hydrogen-bond acceptors (Lipinski definition) is 4. The van der Waals surface area contributed by atoms with Crippen molar-refractivity contribution in [2.24, 2.45) is 11.8 Å². The third kappa shape index (κ3) is 1.86. The van der Waals surface area contributed by atoms with Gasteiger partial charge >= 0.3 is 0 Å². The second kappa shape index (κ2) is 4.33. The first-order valence-corrected chi connectivity index (χ1v) is 5.83. The first-order chi connectivity index (χ1) is 8.06. The molecule has 0 aromatic carbocycles. The van der Waals surface area contributed by atoms with Crippen molar-refractivity contribution >= 4 is 16.9 Å². The van der Waals surface area contributed by atoms with Crippen molar-refractivity contribution in [3.8, 4) is 0 Å². The van der Waals surface area contributed by atoms with Crippen molar-refractivity contribution in [1.29, 1.82) is 0 Å². The molecule has 3 N–H and O–H groups in total. The first-order valence-electron chi connectivity index (χ1n) is 5.83. The number of hydrazine groups is 1. The Hall–Kier alpha value is -1.62. The van der Waals surface area contributed by atoms with Crippen molar-refractivity contribution in [2.45, 2.75) is 34.2 Å². The van der Waals surface area contributed by atoms with Crippen molar-refractivity contribution < 1.29 is 0 Å². The van der Waals surface area contributed by atoms with Gasteiger partial charge in [-0.2, -0.15) is 0 Å². The molecule has 0 fully saturated rings. The Kier molecular flexibility index (Phi) is 3.02. The van der Waals surface area contributed by atoms with Gasteiger partial charge in [0.1, 0.15) is 12.0 Å². The summed E-state index contributed by atoms with van der Waals surface area (Å²) in [5, 5.41) is 1.02. The Bertz CT molecular complexity index is 541. The third-order valence-electron chi connectivity index (χ3n) is 3.09. The molecular weight excluding hydrogens is 214 g/mol. The van der Waals surface area contributed by atoms with Crippen LogP contribution in [-0.4, -0.2) is 14.5 Å². The van der Waals surface area contributed by atoms with Gasteiger partial charge < -0.3 is 9.99 Å². The fourth-order valence-corrected chi connectivity index (χ4v) is 2.17. The van der Waals surface area contributed by atoms with Gasteiger partial charge in [0.15, 0.2) is 5.82 Å². The standard InChI is InChI=1S/C12H19N5/c1-7(2)5-17-9(4)8(3)10-11(16-13)14-6-15-12(10)17/h6-7H,5,13H2,1-4H3,(H,14,15,16). The lowest BCUT2D eigenvalue weighted by Gasteiger charge is -2.10. The van der Waals surface area contributed by atoms with Crippen LogP contribution in [-0.2, 0) is 6.54 Å². The molecule has 2 aromatic heterocycles.